The van der Waals surface area contributed by atoms with Crippen molar-refractivity contribution in [1.29, 1.82) is 0 Å². The van der Waals surface area contributed by atoms with Crippen LogP contribution in [0.15, 0.2) is 23.4 Å². The molecule has 0 radical (unpaired) electrons. The van der Waals surface area contributed by atoms with Crippen LogP contribution in [0.5, 0.6) is 5.75 Å². The third-order valence-corrected chi connectivity index (χ3v) is 3.42. The van der Waals surface area contributed by atoms with Gasteiger partial charge in [-0.3, -0.25) is 4.79 Å². The lowest BCUT2D eigenvalue weighted by atomic mass is 10.3. The first-order valence-electron chi connectivity index (χ1n) is 5.31. The Morgan fingerprint density at radius 3 is 3.06 bits per heavy atom. The fraction of sp³-hybridized carbons (Fsp3) is 0.273. The van der Waals surface area contributed by atoms with Gasteiger partial charge in [-0.15, -0.1) is 0 Å². The van der Waals surface area contributed by atoms with Crippen molar-refractivity contribution in [3.05, 3.63) is 18.2 Å². The summed E-state index contributed by atoms with van der Waals surface area (Å²) in [5.41, 5.74) is 12.4. The molecule has 7 heteroatoms. The van der Waals surface area contributed by atoms with Crippen LogP contribution in [-0.4, -0.2) is 34.8 Å². The zero-order valence-corrected chi connectivity index (χ0v) is 10.7. The number of nitrogens with one attached hydrogen (secondary N) is 1. The summed E-state index contributed by atoms with van der Waals surface area (Å²) in [4.78, 5) is 18.3. The Morgan fingerprint density at radius 1 is 1.61 bits per heavy atom. The van der Waals surface area contributed by atoms with Crippen molar-refractivity contribution >= 4 is 28.7 Å². The maximum Gasteiger partial charge on any atom is 0.235 e. The van der Waals surface area contributed by atoms with Crippen LogP contribution >= 0.6 is 11.8 Å². The molecule has 96 valence electrons. The number of rotatable bonds is 5. The predicted octanol–water partition coefficient (Wildman–Crippen LogP) is 0.476. The summed E-state index contributed by atoms with van der Waals surface area (Å²) < 4.78 is 5.13. The lowest BCUT2D eigenvalue weighted by Gasteiger charge is -2.03. The standard InChI is InChI=1S/C11H14N4O2S/c1-17-6-2-3-8-9(4-6)15-11(14-8)18-5-7(12)10(13)16/h2-4,7H,5,12H2,1H3,(H2,13,16)(H,14,15). The Bertz CT molecular complexity index is 569. The lowest BCUT2D eigenvalue weighted by Crippen LogP contribution is -2.38. The first-order valence-corrected chi connectivity index (χ1v) is 6.30. The number of carbonyl (C=O) groups is 1. The summed E-state index contributed by atoms with van der Waals surface area (Å²) in [6.45, 7) is 0. The van der Waals surface area contributed by atoms with Gasteiger partial charge in [-0.05, 0) is 12.1 Å². The molecule has 0 saturated heterocycles. The number of nitrogens with two attached hydrogens (primary N) is 2. The molecule has 1 aromatic heterocycles. The maximum absolute atomic E-state index is 10.8. The minimum Gasteiger partial charge on any atom is -0.497 e. The van der Waals surface area contributed by atoms with Gasteiger partial charge in [0.1, 0.15) is 5.75 Å². The monoisotopic (exact) mass is 266 g/mol. The number of nitrogens with zero attached hydrogens (tertiary/aromatic N) is 1. The van der Waals surface area contributed by atoms with E-state index in [0.717, 1.165) is 16.8 Å². The van der Waals surface area contributed by atoms with Crippen LogP contribution < -0.4 is 16.2 Å². The Labute approximate surface area is 108 Å². The number of H-pyrrole nitrogens is 1. The molecule has 1 amide bonds. The molecule has 2 rings (SSSR count). The van der Waals surface area contributed by atoms with E-state index in [1.54, 1.807) is 7.11 Å². The number of amides is 1. The van der Waals surface area contributed by atoms with Crippen LogP contribution in [-0.2, 0) is 4.79 Å². The second-order valence-corrected chi connectivity index (χ2v) is 4.75. The van der Waals surface area contributed by atoms with Gasteiger partial charge in [0.25, 0.3) is 0 Å². The van der Waals surface area contributed by atoms with Gasteiger partial charge >= 0.3 is 0 Å². The highest BCUT2D eigenvalue weighted by Crippen LogP contribution is 2.23. The number of carbonyl (C=O) groups excluding carboxylic acids is 1. The average molecular weight is 266 g/mol. The van der Waals surface area contributed by atoms with Crippen LogP contribution in [0.1, 0.15) is 0 Å². The highest BCUT2D eigenvalue weighted by Gasteiger charge is 2.11. The Hall–Kier alpha value is -1.73. The number of thioether (sulfide) groups is 1. The van der Waals surface area contributed by atoms with E-state index in [0.29, 0.717) is 10.9 Å². The number of ether oxygens (including phenoxy) is 1. The van der Waals surface area contributed by atoms with Crippen LogP contribution in [0, 0.1) is 0 Å². The molecular formula is C11H14N4O2S. The molecule has 1 heterocycles. The minimum atomic E-state index is -0.669. The summed E-state index contributed by atoms with van der Waals surface area (Å²) in [5, 5.41) is 0.704. The van der Waals surface area contributed by atoms with E-state index in [1.165, 1.54) is 11.8 Å². The highest BCUT2D eigenvalue weighted by atomic mass is 32.2. The topological polar surface area (TPSA) is 107 Å². The molecule has 0 aliphatic carbocycles. The van der Waals surface area contributed by atoms with E-state index in [4.69, 9.17) is 16.2 Å². The molecule has 5 N–H and O–H groups in total. The van der Waals surface area contributed by atoms with Crippen LogP contribution in [0.2, 0.25) is 0 Å². The van der Waals surface area contributed by atoms with Crippen LogP contribution in [0.3, 0.4) is 0 Å². The SMILES string of the molecule is COc1ccc2nc(SCC(N)C(N)=O)[nH]c2c1. The fourth-order valence-electron chi connectivity index (χ4n) is 1.41. The van der Waals surface area contributed by atoms with Crippen molar-refractivity contribution < 1.29 is 9.53 Å². The number of aromatic amines is 1. The zero-order chi connectivity index (χ0) is 13.1. The van der Waals surface area contributed by atoms with Gasteiger partial charge in [-0.25, -0.2) is 4.98 Å². The molecule has 1 unspecified atom stereocenters. The molecule has 0 aliphatic rings. The van der Waals surface area contributed by atoms with Crippen LogP contribution in [0.4, 0.5) is 0 Å². The van der Waals surface area contributed by atoms with Crippen molar-refractivity contribution in [1.82, 2.24) is 9.97 Å². The molecule has 0 spiro atoms. The van der Waals surface area contributed by atoms with E-state index in [1.807, 2.05) is 18.2 Å². The van der Waals surface area contributed by atoms with Gasteiger partial charge in [0, 0.05) is 11.8 Å². The van der Waals surface area contributed by atoms with E-state index < -0.39 is 11.9 Å². The summed E-state index contributed by atoms with van der Waals surface area (Å²) >= 11 is 1.36. The Balaban J connectivity index is 2.12. The molecule has 0 bridgehead atoms. The number of primary amides is 1. The van der Waals surface area contributed by atoms with Gasteiger partial charge < -0.3 is 21.2 Å². The lowest BCUT2D eigenvalue weighted by molar-refractivity contribution is -0.118. The predicted molar refractivity (Wildman–Crippen MR) is 70.5 cm³/mol. The number of hydrogen-bond acceptors (Lipinski definition) is 5. The molecule has 6 nitrogen and oxygen atoms in total. The summed E-state index contributed by atoms with van der Waals surface area (Å²) in [7, 11) is 1.61. The zero-order valence-electron chi connectivity index (χ0n) is 9.84. The first kappa shape index (κ1) is 12.7. The van der Waals surface area contributed by atoms with Gasteiger partial charge in [0.2, 0.25) is 5.91 Å². The third kappa shape index (κ3) is 2.74. The highest BCUT2D eigenvalue weighted by molar-refractivity contribution is 7.99. The summed E-state index contributed by atoms with van der Waals surface area (Å²) in [6.07, 6.45) is 0. The minimum absolute atomic E-state index is 0.395. The van der Waals surface area contributed by atoms with E-state index in [2.05, 4.69) is 9.97 Å². The molecule has 1 aromatic carbocycles. The molecule has 1 atom stereocenters. The number of aromatic nitrogens is 2. The number of fused-ring (bicyclic) bond motifs is 1. The van der Waals surface area contributed by atoms with Crippen molar-refractivity contribution in [2.75, 3.05) is 12.9 Å². The van der Waals surface area contributed by atoms with Crippen molar-refractivity contribution in [2.45, 2.75) is 11.2 Å². The Morgan fingerprint density at radius 2 is 2.39 bits per heavy atom. The van der Waals surface area contributed by atoms with Gasteiger partial charge in [-0.2, -0.15) is 0 Å². The molecule has 0 saturated carbocycles. The van der Waals surface area contributed by atoms with Gasteiger partial charge in [0.15, 0.2) is 5.16 Å². The molecule has 0 fully saturated rings. The van der Waals surface area contributed by atoms with Crippen molar-refractivity contribution in [2.24, 2.45) is 11.5 Å². The second-order valence-electron chi connectivity index (χ2n) is 3.74. The van der Waals surface area contributed by atoms with E-state index in [-0.39, 0.29) is 0 Å². The van der Waals surface area contributed by atoms with Gasteiger partial charge in [-0.1, -0.05) is 11.8 Å². The van der Waals surface area contributed by atoms with E-state index in [9.17, 15) is 4.79 Å². The van der Waals surface area contributed by atoms with Crippen LogP contribution in [0.25, 0.3) is 11.0 Å². The quantitative estimate of drug-likeness (QED) is 0.682. The third-order valence-electron chi connectivity index (χ3n) is 2.43. The average Bonchev–Trinajstić information content (AvgIpc) is 2.77. The number of hydrogen-bond donors (Lipinski definition) is 3. The fourth-order valence-corrected chi connectivity index (χ4v) is 2.26. The molecule has 2 aromatic rings. The van der Waals surface area contributed by atoms with Crippen molar-refractivity contribution in [3.8, 4) is 5.75 Å². The summed E-state index contributed by atoms with van der Waals surface area (Å²) in [5.74, 6) is 0.642. The molecule has 0 aliphatic heterocycles. The van der Waals surface area contributed by atoms with Crippen molar-refractivity contribution in [3.63, 3.8) is 0 Å². The molecule has 18 heavy (non-hydrogen) atoms. The smallest absolute Gasteiger partial charge is 0.235 e. The first-order chi connectivity index (χ1) is 8.60. The summed E-state index contributed by atoms with van der Waals surface area (Å²) in [6, 6.07) is 4.90. The van der Waals surface area contributed by atoms with E-state index >= 15 is 0 Å². The second kappa shape index (κ2) is 5.28. The normalized spacial score (nSPS) is 12.6. The maximum atomic E-state index is 10.8. The molecular weight excluding hydrogens is 252 g/mol. The largest absolute Gasteiger partial charge is 0.497 e. The number of methoxy groups -OCH3 is 1. The Kier molecular flexibility index (Phi) is 3.73. The number of imidazole rings is 1. The van der Waals surface area contributed by atoms with Gasteiger partial charge in [0.05, 0.1) is 24.2 Å². The number of benzene rings is 1.